The molecule has 0 aromatic carbocycles. The van der Waals surface area contributed by atoms with Gasteiger partial charge in [0.2, 0.25) is 6.40 Å². The zero-order chi connectivity index (χ0) is 18.0. The van der Waals surface area contributed by atoms with Gasteiger partial charge in [0.1, 0.15) is 12.3 Å². The van der Waals surface area contributed by atoms with Crippen LogP contribution in [0.2, 0.25) is 0 Å². The number of alkyl halides is 1. The molecule has 0 saturated carbocycles. The maximum absolute atomic E-state index is 12.0. The van der Waals surface area contributed by atoms with Crippen molar-refractivity contribution in [2.75, 3.05) is 13.2 Å². The molecule has 24 heavy (non-hydrogen) atoms. The molecule has 2 heterocycles. The van der Waals surface area contributed by atoms with E-state index in [-0.39, 0.29) is 12.0 Å². The molecule has 0 bridgehead atoms. The molecule has 0 aromatic heterocycles. The largest absolute Gasteiger partial charge is 0.474 e. The van der Waals surface area contributed by atoms with E-state index < -0.39 is 6.17 Å². The van der Waals surface area contributed by atoms with E-state index in [9.17, 15) is 4.39 Å². The van der Waals surface area contributed by atoms with E-state index in [1.807, 2.05) is 6.92 Å². The van der Waals surface area contributed by atoms with Gasteiger partial charge in [0, 0.05) is 6.54 Å². The molecule has 1 N–H and O–H groups in total. The van der Waals surface area contributed by atoms with Gasteiger partial charge >= 0.3 is 0 Å². The van der Waals surface area contributed by atoms with E-state index in [4.69, 9.17) is 17.4 Å². The Balaban J connectivity index is 0.000000332. The lowest BCUT2D eigenvalue weighted by molar-refractivity contribution is 0.0157. The fourth-order valence-corrected chi connectivity index (χ4v) is 2.27. The number of nitrogens with one attached hydrogen (secondary N) is 1. The SMILES string of the molecule is CCC1CON=CO1.CCCCCCCCC.[B]C1CC(F)CN1. The summed E-state index contributed by atoms with van der Waals surface area (Å²) in [6.45, 7) is 7.60. The first-order valence-electron chi connectivity index (χ1n) is 9.56. The molecule has 6 heteroatoms. The molecule has 4 nitrogen and oxygen atoms in total. The van der Waals surface area contributed by atoms with Crippen molar-refractivity contribution in [2.45, 2.75) is 96.8 Å². The first kappa shape index (κ1) is 23.2. The first-order chi connectivity index (χ1) is 11.6. The molecule has 0 amide bonds. The molecule has 0 spiro atoms. The van der Waals surface area contributed by atoms with Gasteiger partial charge in [-0.15, -0.1) is 0 Å². The Morgan fingerprint density at radius 1 is 1.12 bits per heavy atom. The number of unbranched alkanes of at least 4 members (excludes halogenated alkanes) is 6. The summed E-state index contributed by atoms with van der Waals surface area (Å²) >= 11 is 0. The second kappa shape index (κ2) is 17.1. The molecule has 2 aliphatic rings. The van der Waals surface area contributed by atoms with E-state index in [0.717, 1.165) is 6.42 Å². The van der Waals surface area contributed by atoms with Crippen LogP contribution in [0.15, 0.2) is 5.16 Å². The van der Waals surface area contributed by atoms with Gasteiger partial charge in [0.05, 0.1) is 7.85 Å². The number of ether oxygens (including phenoxy) is 1. The van der Waals surface area contributed by atoms with Crippen LogP contribution in [0.3, 0.4) is 0 Å². The van der Waals surface area contributed by atoms with Crippen LogP contribution in [0.4, 0.5) is 4.39 Å². The molecule has 2 rings (SSSR count). The van der Waals surface area contributed by atoms with Crippen LogP contribution >= 0.6 is 0 Å². The third-order valence-electron chi connectivity index (χ3n) is 3.90. The Morgan fingerprint density at radius 3 is 2.04 bits per heavy atom. The smallest absolute Gasteiger partial charge is 0.212 e. The summed E-state index contributed by atoms with van der Waals surface area (Å²) < 4.78 is 17.0. The second-order valence-corrected chi connectivity index (χ2v) is 6.29. The maximum Gasteiger partial charge on any atom is 0.212 e. The molecule has 0 aliphatic carbocycles. The molecular formula is C18H36BFN2O2. The lowest BCUT2D eigenvalue weighted by Crippen LogP contribution is -2.20. The molecule has 3 unspecified atom stereocenters. The summed E-state index contributed by atoms with van der Waals surface area (Å²) in [7, 11) is 5.27. The quantitative estimate of drug-likeness (QED) is 0.553. The van der Waals surface area contributed by atoms with Gasteiger partial charge in [-0.2, -0.15) is 0 Å². The van der Waals surface area contributed by atoms with Crippen LogP contribution in [0.25, 0.3) is 0 Å². The third-order valence-corrected chi connectivity index (χ3v) is 3.90. The van der Waals surface area contributed by atoms with Crippen molar-refractivity contribution in [3.8, 4) is 0 Å². The fourth-order valence-electron chi connectivity index (χ4n) is 2.27. The van der Waals surface area contributed by atoms with Crippen molar-refractivity contribution in [3.63, 3.8) is 0 Å². The summed E-state index contributed by atoms with van der Waals surface area (Å²) in [5.41, 5.74) is 0. The van der Waals surface area contributed by atoms with Crippen molar-refractivity contribution in [1.82, 2.24) is 5.32 Å². The summed E-state index contributed by atoms with van der Waals surface area (Å²) in [6.07, 6.45) is 12.3. The van der Waals surface area contributed by atoms with Crippen molar-refractivity contribution in [3.05, 3.63) is 0 Å². The average molecular weight is 342 g/mol. The molecule has 0 aromatic rings. The van der Waals surface area contributed by atoms with Crippen molar-refractivity contribution < 1.29 is 14.0 Å². The van der Waals surface area contributed by atoms with Crippen molar-refractivity contribution >= 4 is 14.2 Å². The Bertz CT molecular complexity index is 282. The van der Waals surface area contributed by atoms with Crippen LogP contribution in [0, 0.1) is 0 Å². The van der Waals surface area contributed by atoms with Crippen molar-refractivity contribution in [2.24, 2.45) is 5.16 Å². The van der Waals surface area contributed by atoms with Crippen molar-refractivity contribution in [1.29, 1.82) is 0 Å². The van der Waals surface area contributed by atoms with Gasteiger partial charge in [0.15, 0.2) is 6.61 Å². The number of oxime groups is 1. The lowest BCUT2D eigenvalue weighted by Gasteiger charge is -2.15. The van der Waals surface area contributed by atoms with E-state index in [1.54, 1.807) is 0 Å². The standard InChI is InChI=1S/C9H20.C5H9NO2.C4H7BFN/c1-3-5-7-9-8-6-4-2;1-2-5-3-8-6-4-7-5;5-4-1-3(6)2-7-4/h3-9H2,1-2H3;4-5H,2-3H2,1H3;3-4,7H,1-2H2. The summed E-state index contributed by atoms with van der Waals surface area (Å²) in [5.74, 6) is -0.102. The van der Waals surface area contributed by atoms with Gasteiger partial charge in [0.25, 0.3) is 0 Å². The highest BCUT2D eigenvalue weighted by Crippen LogP contribution is 2.06. The van der Waals surface area contributed by atoms with Gasteiger partial charge in [-0.05, 0) is 18.8 Å². The van der Waals surface area contributed by atoms with Crippen LogP contribution in [0.5, 0.6) is 0 Å². The Labute approximate surface area is 149 Å². The van der Waals surface area contributed by atoms with Gasteiger partial charge in [-0.25, -0.2) is 4.39 Å². The zero-order valence-corrected chi connectivity index (χ0v) is 15.8. The van der Waals surface area contributed by atoms with E-state index in [0.29, 0.717) is 19.6 Å². The molecule has 3 atom stereocenters. The van der Waals surface area contributed by atoms with Crippen LogP contribution in [-0.2, 0) is 9.57 Å². The molecule has 2 radical (unpaired) electrons. The number of hydrogen-bond acceptors (Lipinski definition) is 4. The molecule has 1 fully saturated rings. The molecule has 1 saturated heterocycles. The second-order valence-electron chi connectivity index (χ2n) is 6.29. The molecule has 140 valence electrons. The highest BCUT2D eigenvalue weighted by Gasteiger charge is 2.18. The van der Waals surface area contributed by atoms with Crippen LogP contribution in [-0.4, -0.2) is 45.6 Å². The number of nitrogens with zero attached hydrogens (tertiary/aromatic N) is 1. The Hall–Kier alpha value is -0.775. The predicted octanol–water partition coefficient (Wildman–Crippen LogP) is 4.32. The molecule has 2 aliphatic heterocycles. The van der Waals surface area contributed by atoms with E-state index >= 15 is 0 Å². The maximum atomic E-state index is 12.0. The van der Waals surface area contributed by atoms with Crippen LogP contribution in [0.1, 0.15) is 78.6 Å². The number of rotatable bonds is 7. The van der Waals surface area contributed by atoms with E-state index in [1.165, 1.54) is 51.3 Å². The minimum Gasteiger partial charge on any atom is -0.474 e. The molecular weight excluding hydrogens is 306 g/mol. The highest BCUT2D eigenvalue weighted by atomic mass is 19.1. The normalized spacial score (nSPS) is 24.8. The summed E-state index contributed by atoms with van der Waals surface area (Å²) in [5, 5.41) is 6.20. The fraction of sp³-hybridized carbons (Fsp3) is 0.944. The average Bonchev–Trinajstić information content (AvgIpc) is 3.00. The predicted molar refractivity (Wildman–Crippen MR) is 100 cm³/mol. The number of halogens is 1. The zero-order valence-electron chi connectivity index (χ0n) is 15.8. The Morgan fingerprint density at radius 2 is 1.75 bits per heavy atom. The minimum atomic E-state index is -0.713. The monoisotopic (exact) mass is 342 g/mol. The van der Waals surface area contributed by atoms with Gasteiger partial charge < -0.3 is 14.9 Å². The number of hydrogen-bond donors (Lipinski definition) is 1. The third kappa shape index (κ3) is 14.8. The first-order valence-corrected chi connectivity index (χ1v) is 9.56. The van der Waals surface area contributed by atoms with E-state index in [2.05, 4.69) is 24.3 Å². The topological polar surface area (TPSA) is 42.9 Å². The lowest BCUT2D eigenvalue weighted by atomic mass is 9.95. The minimum absolute atomic E-state index is 0.102. The summed E-state index contributed by atoms with van der Waals surface area (Å²) in [4.78, 5) is 4.72. The summed E-state index contributed by atoms with van der Waals surface area (Å²) in [6, 6.07) is 0. The Kier molecular flexibility index (Phi) is 16.5. The van der Waals surface area contributed by atoms with Gasteiger partial charge in [-0.1, -0.05) is 70.9 Å². The highest BCUT2D eigenvalue weighted by molar-refractivity contribution is 6.11. The van der Waals surface area contributed by atoms with Crippen LogP contribution < -0.4 is 5.32 Å². The van der Waals surface area contributed by atoms with Gasteiger partial charge in [-0.3, -0.25) is 0 Å².